The average molecular weight is 331 g/mol. The second kappa shape index (κ2) is 7.08. The third-order valence-electron chi connectivity index (χ3n) is 2.43. The van der Waals surface area contributed by atoms with E-state index < -0.39 is 5.97 Å². The maximum Gasteiger partial charge on any atom is 0.323 e. The maximum absolute atomic E-state index is 12.0. The fourth-order valence-corrected chi connectivity index (χ4v) is 1.98. The minimum atomic E-state index is -1.07. The van der Waals surface area contributed by atoms with Crippen LogP contribution in [0.1, 0.15) is 13.3 Å². The first-order chi connectivity index (χ1) is 8.93. The number of hydrogen-bond donors (Lipinski definition) is 1. The first kappa shape index (κ1) is 15.4. The fourth-order valence-electron chi connectivity index (χ4n) is 1.60. The van der Waals surface area contributed by atoms with Gasteiger partial charge in [-0.15, -0.1) is 0 Å². The molecule has 1 aromatic rings. The zero-order valence-electron chi connectivity index (χ0n) is 10.5. The van der Waals surface area contributed by atoms with Crippen LogP contribution in [0.4, 0.5) is 0 Å². The molecule has 0 spiro atoms. The second-order valence-electron chi connectivity index (χ2n) is 4.02. The van der Waals surface area contributed by atoms with E-state index in [1.165, 1.54) is 21.7 Å². The van der Waals surface area contributed by atoms with Crippen molar-refractivity contribution in [2.45, 2.75) is 19.9 Å². The number of aliphatic carboxylic acids is 1. The Hall–Kier alpha value is -1.63. The lowest BCUT2D eigenvalue weighted by Gasteiger charge is -2.20. The van der Waals surface area contributed by atoms with E-state index in [1.54, 1.807) is 6.07 Å². The number of aromatic nitrogens is 1. The third kappa shape index (κ3) is 4.86. The van der Waals surface area contributed by atoms with Crippen LogP contribution in [-0.2, 0) is 16.1 Å². The van der Waals surface area contributed by atoms with Gasteiger partial charge in [0.25, 0.3) is 5.56 Å². The number of carbonyl (C=O) groups excluding carboxylic acids is 1. The third-order valence-corrected chi connectivity index (χ3v) is 2.89. The molecule has 0 saturated carbocycles. The van der Waals surface area contributed by atoms with Gasteiger partial charge in [-0.3, -0.25) is 14.4 Å². The molecule has 0 saturated heterocycles. The molecule has 19 heavy (non-hydrogen) atoms. The highest BCUT2D eigenvalue weighted by Crippen LogP contribution is 2.05. The molecular formula is C12H15BrN2O4. The molecule has 0 bridgehead atoms. The number of carboxylic acids is 1. The molecule has 6 nitrogen and oxygen atoms in total. The molecule has 0 atom stereocenters. The number of pyridine rings is 1. The number of halogens is 1. The number of carbonyl (C=O) groups is 2. The van der Waals surface area contributed by atoms with Crippen LogP contribution in [0.3, 0.4) is 0 Å². The predicted octanol–water partition coefficient (Wildman–Crippen LogP) is 0.934. The number of amides is 1. The summed E-state index contributed by atoms with van der Waals surface area (Å²) in [4.78, 5) is 35.5. The molecule has 104 valence electrons. The molecule has 0 aliphatic carbocycles. The highest BCUT2D eigenvalue weighted by Gasteiger charge is 2.16. The number of hydrogen-bond acceptors (Lipinski definition) is 3. The minimum absolute atomic E-state index is 0.161. The van der Waals surface area contributed by atoms with Gasteiger partial charge in [0, 0.05) is 23.3 Å². The Labute approximate surface area is 118 Å². The van der Waals surface area contributed by atoms with Gasteiger partial charge in [-0.1, -0.05) is 6.92 Å². The van der Waals surface area contributed by atoms with E-state index in [0.29, 0.717) is 17.4 Å². The van der Waals surface area contributed by atoms with E-state index in [9.17, 15) is 14.4 Å². The lowest BCUT2D eigenvalue weighted by atomic mass is 10.3. The molecule has 0 radical (unpaired) electrons. The van der Waals surface area contributed by atoms with Gasteiger partial charge in [-0.2, -0.15) is 0 Å². The van der Waals surface area contributed by atoms with Crippen molar-refractivity contribution in [1.82, 2.24) is 9.47 Å². The molecule has 1 aromatic heterocycles. The summed E-state index contributed by atoms with van der Waals surface area (Å²) in [6.45, 7) is 1.70. The lowest BCUT2D eigenvalue weighted by molar-refractivity contribution is -0.144. The summed E-state index contributed by atoms with van der Waals surface area (Å²) < 4.78 is 1.93. The van der Waals surface area contributed by atoms with E-state index in [0.717, 1.165) is 0 Å². The van der Waals surface area contributed by atoms with Crippen molar-refractivity contribution in [3.05, 3.63) is 33.2 Å². The number of nitrogens with zero attached hydrogens (tertiary/aromatic N) is 2. The van der Waals surface area contributed by atoms with Crippen molar-refractivity contribution in [3.8, 4) is 0 Å². The summed E-state index contributed by atoms with van der Waals surface area (Å²) in [5.74, 6) is -1.45. The van der Waals surface area contributed by atoms with Crippen LogP contribution in [0.25, 0.3) is 0 Å². The zero-order valence-corrected chi connectivity index (χ0v) is 12.1. The topological polar surface area (TPSA) is 79.6 Å². The highest BCUT2D eigenvalue weighted by molar-refractivity contribution is 9.10. The monoisotopic (exact) mass is 330 g/mol. The SMILES string of the molecule is CCCN(CC(=O)O)C(=O)Cn1cc(Br)ccc1=O. The molecule has 0 fully saturated rings. The van der Waals surface area contributed by atoms with E-state index in [2.05, 4.69) is 15.9 Å². The largest absolute Gasteiger partial charge is 0.480 e. The molecule has 0 aliphatic rings. The van der Waals surface area contributed by atoms with Crippen molar-refractivity contribution >= 4 is 27.8 Å². The van der Waals surface area contributed by atoms with E-state index in [1.807, 2.05) is 6.92 Å². The van der Waals surface area contributed by atoms with Gasteiger partial charge < -0.3 is 14.6 Å². The molecule has 0 aromatic carbocycles. The summed E-state index contributed by atoms with van der Waals surface area (Å²) in [5.41, 5.74) is -0.302. The molecule has 1 N–H and O–H groups in total. The number of rotatable bonds is 6. The van der Waals surface area contributed by atoms with E-state index in [-0.39, 0.29) is 24.6 Å². The van der Waals surface area contributed by atoms with Crippen molar-refractivity contribution in [3.63, 3.8) is 0 Å². The highest BCUT2D eigenvalue weighted by atomic mass is 79.9. The standard InChI is InChI=1S/C12H15BrN2O4/c1-2-5-14(8-12(18)19)11(17)7-15-6-9(13)3-4-10(15)16/h3-4,6H,2,5,7-8H2,1H3,(H,18,19). The van der Waals surface area contributed by atoms with Gasteiger partial charge in [0.1, 0.15) is 13.1 Å². The first-order valence-corrected chi connectivity index (χ1v) is 6.59. The predicted molar refractivity (Wildman–Crippen MR) is 72.9 cm³/mol. The minimum Gasteiger partial charge on any atom is -0.480 e. The lowest BCUT2D eigenvalue weighted by Crippen LogP contribution is -2.39. The maximum atomic E-state index is 12.0. The Balaban J connectivity index is 2.83. The van der Waals surface area contributed by atoms with Crippen LogP contribution in [0.5, 0.6) is 0 Å². The summed E-state index contributed by atoms with van der Waals surface area (Å²) in [5, 5.41) is 8.75. The van der Waals surface area contributed by atoms with Crippen LogP contribution >= 0.6 is 15.9 Å². The van der Waals surface area contributed by atoms with Crippen molar-refractivity contribution in [2.75, 3.05) is 13.1 Å². The Morgan fingerprint density at radius 3 is 2.68 bits per heavy atom. The van der Waals surface area contributed by atoms with Gasteiger partial charge >= 0.3 is 5.97 Å². The van der Waals surface area contributed by atoms with Crippen molar-refractivity contribution in [2.24, 2.45) is 0 Å². The van der Waals surface area contributed by atoms with Crippen LogP contribution in [0, 0.1) is 0 Å². The average Bonchev–Trinajstić information content (AvgIpc) is 2.32. The van der Waals surface area contributed by atoms with Gasteiger partial charge in [0.2, 0.25) is 5.91 Å². The Bertz CT molecular complexity index is 527. The molecule has 1 rings (SSSR count). The molecule has 1 heterocycles. The van der Waals surface area contributed by atoms with Gasteiger partial charge in [-0.05, 0) is 28.4 Å². The number of carboxylic acid groups (broad SMARTS) is 1. The zero-order chi connectivity index (χ0) is 14.4. The van der Waals surface area contributed by atoms with Crippen LogP contribution in [0.15, 0.2) is 27.6 Å². The molecular weight excluding hydrogens is 316 g/mol. The summed E-state index contributed by atoms with van der Waals surface area (Å²) in [6, 6.07) is 2.93. The van der Waals surface area contributed by atoms with Crippen molar-refractivity contribution < 1.29 is 14.7 Å². The second-order valence-corrected chi connectivity index (χ2v) is 4.94. The molecule has 7 heteroatoms. The van der Waals surface area contributed by atoms with Crippen LogP contribution in [0.2, 0.25) is 0 Å². The smallest absolute Gasteiger partial charge is 0.323 e. The normalized spacial score (nSPS) is 10.2. The van der Waals surface area contributed by atoms with Crippen molar-refractivity contribution in [1.29, 1.82) is 0 Å². The fraction of sp³-hybridized carbons (Fsp3) is 0.417. The summed E-state index contributed by atoms with van der Waals surface area (Å²) in [7, 11) is 0. The molecule has 1 amide bonds. The van der Waals surface area contributed by atoms with E-state index in [4.69, 9.17) is 5.11 Å². The summed E-state index contributed by atoms with van der Waals surface area (Å²) in [6.07, 6.45) is 2.16. The van der Waals surface area contributed by atoms with Gasteiger partial charge in [0.05, 0.1) is 0 Å². The molecule has 0 unspecified atom stereocenters. The van der Waals surface area contributed by atoms with Gasteiger partial charge in [-0.25, -0.2) is 0 Å². The summed E-state index contributed by atoms with van der Waals surface area (Å²) >= 11 is 3.22. The Kier molecular flexibility index (Phi) is 5.75. The Morgan fingerprint density at radius 2 is 2.11 bits per heavy atom. The van der Waals surface area contributed by atoms with Crippen LogP contribution in [-0.4, -0.2) is 39.5 Å². The first-order valence-electron chi connectivity index (χ1n) is 5.79. The van der Waals surface area contributed by atoms with Crippen LogP contribution < -0.4 is 5.56 Å². The van der Waals surface area contributed by atoms with E-state index >= 15 is 0 Å². The van der Waals surface area contributed by atoms with Gasteiger partial charge in [0.15, 0.2) is 0 Å². The Morgan fingerprint density at radius 1 is 1.42 bits per heavy atom. The molecule has 0 aliphatic heterocycles. The quantitative estimate of drug-likeness (QED) is 0.841.